The number of benzene rings is 1. The lowest BCUT2D eigenvalue weighted by atomic mass is 10.1. The number of carbonyl (C=O) groups excluding carboxylic acids is 1. The minimum Gasteiger partial charge on any atom is -0.424 e. The lowest BCUT2D eigenvalue weighted by Gasteiger charge is -2.11. The molecule has 0 bridgehead atoms. The summed E-state index contributed by atoms with van der Waals surface area (Å²) in [6.07, 6.45) is 30.4. The van der Waals surface area contributed by atoms with Crippen molar-refractivity contribution in [3.05, 3.63) is 95.8 Å². The van der Waals surface area contributed by atoms with E-state index >= 15 is 0 Å². The third-order valence-corrected chi connectivity index (χ3v) is 10.2. The number of esters is 1. The average Bonchev–Trinajstić information content (AvgIpc) is 3.69. The number of halogens is 1. The van der Waals surface area contributed by atoms with Gasteiger partial charge in [0, 0.05) is 81.9 Å². The highest BCUT2D eigenvalue weighted by Gasteiger charge is 2.19. The molecule has 0 aliphatic carbocycles. The number of nitrogens with zero attached hydrogens (tertiary/aromatic N) is 6. The van der Waals surface area contributed by atoms with Crippen LogP contribution in [0.3, 0.4) is 0 Å². The van der Waals surface area contributed by atoms with Crippen molar-refractivity contribution < 1.29 is 23.6 Å². The highest BCUT2D eigenvalue weighted by molar-refractivity contribution is 6.36. The molecular formula is C45H60ClN6O4+. The van der Waals surface area contributed by atoms with Crippen molar-refractivity contribution in [1.82, 2.24) is 25.0 Å². The number of hydrogen-bond donors (Lipinski definition) is 0. The first-order valence-electron chi connectivity index (χ1n) is 20.8. The number of unbranched alkanes of at least 4 members (excludes halogenated alkanes) is 10. The molecule has 0 amide bonds. The molecule has 0 fully saturated rings. The van der Waals surface area contributed by atoms with Gasteiger partial charge in [-0.1, -0.05) is 67.8 Å². The summed E-state index contributed by atoms with van der Waals surface area (Å²) in [6, 6.07) is 14.0. The standard InChI is InChI=1S/C45H60ClN6O4/c1-37(53)56-45-41(33-42(46)40-23-15-25-48-44(40)45)43-36-52(50-49-43)28-11-7-3-5-9-13-30-55-32-18-22-39-20-16-27-51(35-39)26-10-6-2-4-8-12-29-54-31-17-21-38-19-14-24-47-34-38/h14-16,19-20,23-25,27,33-36H,2-13,17-18,21-22,26,28-32H2,1H3/q+1. The van der Waals surface area contributed by atoms with E-state index in [1.807, 2.05) is 35.4 Å². The topological polar surface area (TPSA) is 105 Å². The molecule has 10 nitrogen and oxygen atoms in total. The van der Waals surface area contributed by atoms with Crippen molar-refractivity contribution in [2.75, 3.05) is 26.4 Å². The van der Waals surface area contributed by atoms with Gasteiger partial charge in [-0.15, -0.1) is 5.10 Å². The molecule has 0 saturated carbocycles. The molecule has 11 heteroatoms. The van der Waals surface area contributed by atoms with Crippen molar-refractivity contribution in [3.8, 4) is 17.0 Å². The highest BCUT2D eigenvalue weighted by atomic mass is 35.5. The van der Waals surface area contributed by atoms with E-state index in [2.05, 4.69) is 55.4 Å². The Balaban J connectivity index is 0.830. The SMILES string of the molecule is CC(=O)Oc1c(-c2cn(CCCCCCCCOCCCc3ccc[n+](CCCCCCCCOCCCc4cccnc4)c3)nn2)cc(Cl)c2cccnc12. The summed E-state index contributed by atoms with van der Waals surface area (Å²) in [7, 11) is 0. The number of fused-ring (bicyclic) bond motifs is 1. The minimum atomic E-state index is -0.430. The molecule has 56 heavy (non-hydrogen) atoms. The molecule has 0 N–H and O–H groups in total. The Hall–Kier alpha value is -4.25. The molecule has 0 radical (unpaired) electrons. The van der Waals surface area contributed by atoms with E-state index in [1.165, 1.54) is 69.4 Å². The lowest BCUT2D eigenvalue weighted by Crippen LogP contribution is -2.33. The van der Waals surface area contributed by atoms with Gasteiger partial charge in [-0.2, -0.15) is 0 Å². The number of hydrogen-bond acceptors (Lipinski definition) is 8. The van der Waals surface area contributed by atoms with E-state index in [1.54, 1.807) is 18.3 Å². The van der Waals surface area contributed by atoms with E-state index in [9.17, 15) is 4.79 Å². The maximum absolute atomic E-state index is 11.9. The summed E-state index contributed by atoms with van der Waals surface area (Å²) in [5, 5.41) is 9.89. The second-order valence-electron chi connectivity index (χ2n) is 14.6. The predicted octanol–water partition coefficient (Wildman–Crippen LogP) is 9.73. The number of ether oxygens (including phenoxy) is 3. The van der Waals surface area contributed by atoms with Crippen molar-refractivity contribution in [2.45, 2.75) is 123 Å². The van der Waals surface area contributed by atoms with Gasteiger partial charge in [-0.3, -0.25) is 19.4 Å². The fourth-order valence-electron chi connectivity index (χ4n) is 6.91. The Morgan fingerprint density at radius 3 is 2.16 bits per heavy atom. The lowest BCUT2D eigenvalue weighted by molar-refractivity contribution is -0.697. The summed E-state index contributed by atoms with van der Waals surface area (Å²) in [5.41, 5.74) is 4.40. The van der Waals surface area contributed by atoms with Crippen LogP contribution >= 0.6 is 11.6 Å². The van der Waals surface area contributed by atoms with Crippen LogP contribution < -0.4 is 9.30 Å². The van der Waals surface area contributed by atoms with Crippen LogP contribution in [0.4, 0.5) is 0 Å². The van der Waals surface area contributed by atoms with Crippen LogP contribution in [0.2, 0.25) is 5.02 Å². The van der Waals surface area contributed by atoms with Gasteiger partial charge < -0.3 is 14.2 Å². The van der Waals surface area contributed by atoms with E-state index in [-0.39, 0.29) is 0 Å². The average molecular weight is 784 g/mol. The maximum atomic E-state index is 11.9. The van der Waals surface area contributed by atoms with Gasteiger partial charge in [0.2, 0.25) is 0 Å². The number of carbonyl (C=O) groups is 1. The largest absolute Gasteiger partial charge is 0.424 e. The van der Waals surface area contributed by atoms with Crippen molar-refractivity contribution in [1.29, 1.82) is 0 Å². The van der Waals surface area contributed by atoms with Crippen molar-refractivity contribution >= 4 is 28.5 Å². The van der Waals surface area contributed by atoms with Crippen LogP contribution in [0.15, 0.2) is 79.6 Å². The smallest absolute Gasteiger partial charge is 0.308 e. The molecule has 5 aromatic rings. The zero-order chi connectivity index (χ0) is 39.0. The molecule has 0 atom stereocenters. The Morgan fingerprint density at radius 2 is 1.43 bits per heavy atom. The van der Waals surface area contributed by atoms with Gasteiger partial charge in [0.05, 0.1) is 16.8 Å². The Kier molecular flexibility index (Phi) is 19.2. The highest BCUT2D eigenvalue weighted by Crippen LogP contribution is 2.39. The second-order valence-corrected chi connectivity index (χ2v) is 15.0. The molecule has 0 aliphatic heterocycles. The third-order valence-electron chi connectivity index (χ3n) is 9.89. The first kappa shape index (κ1) is 42.9. The fourth-order valence-corrected chi connectivity index (χ4v) is 7.17. The van der Waals surface area contributed by atoms with Gasteiger partial charge in [0.25, 0.3) is 0 Å². The number of aromatic nitrogens is 6. The Bertz CT molecular complexity index is 1870. The number of aryl methyl sites for hydroxylation is 4. The van der Waals surface area contributed by atoms with Gasteiger partial charge in [-0.25, -0.2) is 4.57 Å². The summed E-state index contributed by atoms with van der Waals surface area (Å²) >= 11 is 6.54. The predicted molar refractivity (Wildman–Crippen MR) is 222 cm³/mol. The van der Waals surface area contributed by atoms with Gasteiger partial charge in [-0.05, 0) is 87.3 Å². The van der Waals surface area contributed by atoms with Crippen LogP contribution in [0.1, 0.15) is 108 Å². The molecule has 1 aromatic carbocycles. The molecule has 0 aliphatic rings. The normalized spacial score (nSPS) is 11.4. The van der Waals surface area contributed by atoms with Crippen LogP contribution in [0.5, 0.6) is 5.75 Å². The summed E-state index contributed by atoms with van der Waals surface area (Å²) in [4.78, 5) is 20.5. The monoisotopic (exact) mass is 783 g/mol. The Labute approximate surface area is 338 Å². The minimum absolute atomic E-state index is 0.350. The molecule has 0 spiro atoms. The fraction of sp³-hybridized carbons (Fsp3) is 0.511. The molecule has 4 heterocycles. The van der Waals surface area contributed by atoms with Gasteiger partial charge >= 0.3 is 5.97 Å². The van der Waals surface area contributed by atoms with Gasteiger partial charge in [0.15, 0.2) is 18.1 Å². The summed E-state index contributed by atoms with van der Waals surface area (Å²) in [5.74, 6) is -0.0796. The zero-order valence-electron chi connectivity index (χ0n) is 33.3. The summed E-state index contributed by atoms with van der Waals surface area (Å²) in [6.45, 7) is 6.60. The molecule has 300 valence electrons. The molecule has 4 aromatic heterocycles. The van der Waals surface area contributed by atoms with Crippen LogP contribution in [0, 0.1) is 0 Å². The molecular weight excluding hydrogens is 724 g/mol. The van der Waals surface area contributed by atoms with E-state index in [0.717, 1.165) is 96.3 Å². The van der Waals surface area contributed by atoms with Crippen molar-refractivity contribution in [2.24, 2.45) is 0 Å². The van der Waals surface area contributed by atoms with E-state index < -0.39 is 5.97 Å². The van der Waals surface area contributed by atoms with Crippen LogP contribution in [0.25, 0.3) is 22.2 Å². The second kappa shape index (κ2) is 25.1. The number of rotatable bonds is 28. The quantitative estimate of drug-likeness (QED) is 0.0214. The first-order chi connectivity index (χ1) is 27.6. The molecule has 0 saturated heterocycles. The van der Waals surface area contributed by atoms with E-state index in [4.69, 9.17) is 25.8 Å². The number of pyridine rings is 3. The van der Waals surface area contributed by atoms with Crippen LogP contribution in [-0.4, -0.2) is 57.4 Å². The zero-order valence-corrected chi connectivity index (χ0v) is 34.0. The summed E-state index contributed by atoms with van der Waals surface area (Å²) < 4.78 is 21.5. The molecule has 5 rings (SSSR count). The van der Waals surface area contributed by atoms with Crippen LogP contribution in [-0.2, 0) is 40.2 Å². The van der Waals surface area contributed by atoms with Crippen molar-refractivity contribution in [3.63, 3.8) is 0 Å². The molecule has 0 unspecified atom stereocenters. The third kappa shape index (κ3) is 15.4. The Morgan fingerprint density at radius 1 is 0.768 bits per heavy atom. The maximum Gasteiger partial charge on any atom is 0.308 e. The first-order valence-corrected chi connectivity index (χ1v) is 21.1. The van der Waals surface area contributed by atoms with E-state index in [0.29, 0.717) is 27.5 Å². The van der Waals surface area contributed by atoms with Gasteiger partial charge in [0.1, 0.15) is 17.8 Å².